The Morgan fingerprint density at radius 2 is 1.88 bits per heavy atom. The molecule has 0 amide bonds. The highest BCUT2D eigenvalue weighted by molar-refractivity contribution is 6.30. The zero-order chi connectivity index (χ0) is 12.5. The van der Waals surface area contributed by atoms with Gasteiger partial charge in [0.1, 0.15) is 5.15 Å². The number of alkyl halides is 6. The third kappa shape index (κ3) is 2.55. The number of nitrogens with zero attached hydrogens (tertiary/aromatic N) is 1. The van der Waals surface area contributed by atoms with E-state index in [-0.39, 0.29) is 0 Å². The summed E-state index contributed by atoms with van der Waals surface area (Å²) in [5, 5.41) is -0.882. The predicted octanol–water partition coefficient (Wildman–Crippen LogP) is 4.43. The van der Waals surface area contributed by atoms with Gasteiger partial charge in [0.05, 0.1) is 5.56 Å². The lowest BCUT2D eigenvalue weighted by molar-refractivity contribution is -0.138. The molecule has 90 valence electrons. The molecule has 1 aromatic rings. The molecule has 0 aliphatic carbocycles. The second kappa shape index (κ2) is 4.71. The van der Waals surface area contributed by atoms with Crippen LogP contribution in [0.15, 0.2) is 6.20 Å². The molecular formula is C8H4Cl2F5N. The summed E-state index contributed by atoms with van der Waals surface area (Å²) in [6.45, 7) is 0. The molecule has 1 nitrogen and oxygen atoms in total. The fourth-order valence-electron chi connectivity index (χ4n) is 1.16. The molecule has 0 unspecified atom stereocenters. The second-order valence-corrected chi connectivity index (χ2v) is 3.42. The van der Waals surface area contributed by atoms with Crippen molar-refractivity contribution in [2.75, 3.05) is 0 Å². The summed E-state index contributed by atoms with van der Waals surface area (Å²) in [6.07, 6.45) is -7.35. The summed E-state index contributed by atoms with van der Waals surface area (Å²) in [7, 11) is 0. The average Bonchev–Trinajstić information content (AvgIpc) is 2.14. The molecule has 0 N–H and O–H groups in total. The summed E-state index contributed by atoms with van der Waals surface area (Å²) >= 11 is 10.5. The first kappa shape index (κ1) is 13.4. The molecule has 0 saturated heterocycles. The monoisotopic (exact) mass is 279 g/mol. The van der Waals surface area contributed by atoms with E-state index >= 15 is 0 Å². The van der Waals surface area contributed by atoms with Crippen LogP contribution in [-0.4, -0.2) is 4.98 Å². The van der Waals surface area contributed by atoms with E-state index in [0.717, 1.165) is 0 Å². The van der Waals surface area contributed by atoms with E-state index in [0.29, 0.717) is 6.20 Å². The maximum absolute atomic E-state index is 12.5. The van der Waals surface area contributed by atoms with Crippen molar-refractivity contribution in [1.82, 2.24) is 4.98 Å². The van der Waals surface area contributed by atoms with Gasteiger partial charge >= 0.3 is 6.18 Å². The van der Waals surface area contributed by atoms with Crippen molar-refractivity contribution < 1.29 is 22.0 Å². The van der Waals surface area contributed by atoms with Gasteiger partial charge < -0.3 is 0 Å². The number of halogens is 7. The molecule has 16 heavy (non-hydrogen) atoms. The quantitative estimate of drug-likeness (QED) is 0.443. The molecule has 8 heteroatoms. The molecule has 1 heterocycles. The van der Waals surface area contributed by atoms with Crippen molar-refractivity contribution in [3.05, 3.63) is 28.0 Å². The van der Waals surface area contributed by atoms with Crippen LogP contribution in [0.5, 0.6) is 0 Å². The Labute approximate surface area is 97.2 Å². The standard InChI is InChI=1S/C8H4Cl2F5N/c9-1-3-4(7(11)12)2-16-6(10)5(3)8(13,14)15/h2,7H,1H2. The van der Waals surface area contributed by atoms with E-state index in [2.05, 4.69) is 4.98 Å². The van der Waals surface area contributed by atoms with Crippen LogP contribution in [0.25, 0.3) is 0 Å². The minimum absolute atomic E-state index is 0.597. The van der Waals surface area contributed by atoms with E-state index in [9.17, 15) is 22.0 Å². The van der Waals surface area contributed by atoms with Crippen molar-refractivity contribution in [2.45, 2.75) is 18.5 Å². The highest BCUT2D eigenvalue weighted by Crippen LogP contribution is 2.40. The second-order valence-electron chi connectivity index (χ2n) is 2.79. The van der Waals surface area contributed by atoms with Gasteiger partial charge in [0.2, 0.25) is 0 Å². The number of hydrogen-bond acceptors (Lipinski definition) is 1. The summed E-state index contributed by atoms with van der Waals surface area (Å²) in [5.74, 6) is -0.712. The van der Waals surface area contributed by atoms with E-state index in [4.69, 9.17) is 23.2 Å². The lowest BCUT2D eigenvalue weighted by Gasteiger charge is -2.15. The zero-order valence-corrected chi connectivity index (χ0v) is 8.97. The minimum Gasteiger partial charge on any atom is -0.243 e. The Bertz CT molecular complexity index is 391. The van der Waals surface area contributed by atoms with Gasteiger partial charge in [0, 0.05) is 17.6 Å². The van der Waals surface area contributed by atoms with Crippen molar-refractivity contribution in [1.29, 1.82) is 0 Å². The van der Waals surface area contributed by atoms with Gasteiger partial charge in [-0.15, -0.1) is 11.6 Å². The Morgan fingerprint density at radius 3 is 2.25 bits per heavy atom. The summed E-state index contributed by atoms with van der Waals surface area (Å²) in [4.78, 5) is 3.08. The van der Waals surface area contributed by atoms with Crippen LogP contribution in [0.2, 0.25) is 5.15 Å². The lowest BCUT2D eigenvalue weighted by atomic mass is 10.1. The van der Waals surface area contributed by atoms with E-state index in [1.165, 1.54) is 0 Å². The van der Waals surface area contributed by atoms with Crippen LogP contribution < -0.4 is 0 Å². The van der Waals surface area contributed by atoms with Crippen LogP contribution in [0.3, 0.4) is 0 Å². The summed E-state index contributed by atoms with van der Waals surface area (Å²) < 4.78 is 62.3. The fraction of sp³-hybridized carbons (Fsp3) is 0.375. The highest BCUT2D eigenvalue weighted by Gasteiger charge is 2.38. The largest absolute Gasteiger partial charge is 0.419 e. The lowest BCUT2D eigenvalue weighted by Crippen LogP contribution is -2.13. The van der Waals surface area contributed by atoms with Gasteiger partial charge in [0.15, 0.2) is 0 Å². The van der Waals surface area contributed by atoms with Crippen molar-refractivity contribution in [3.63, 3.8) is 0 Å². The molecule has 1 rings (SSSR count). The number of rotatable bonds is 2. The molecule has 0 bridgehead atoms. The fourth-order valence-corrected chi connectivity index (χ4v) is 1.72. The van der Waals surface area contributed by atoms with E-state index in [1.54, 1.807) is 0 Å². The van der Waals surface area contributed by atoms with Crippen LogP contribution in [0.1, 0.15) is 23.1 Å². The third-order valence-electron chi connectivity index (χ3n) is 1.83. The van der Waals surface area contributed by atoms with Gasteiger partial charge in [0.25, 0.3) is 6.43 Å². The maximum Gasteiger partial charge on any atom is 0.419 e. The van der Waals surface area contributed by atoms with Crippen molar-refractivity contribution in [2.24, 2.45) is 0 Å². The smallest absolute Gasteiger partial charge is 0.243 e. The Morgan fingerprint density at radius 1 is 1.31 bits per heavy atom. The Balaban J connectivity index is 3.51. The molecule has 0 spiro atoms. The molecule has 0 saturated carbocycles. The molecule has 0 aliphatic heterocycles. The van der Waals surface area contributed by atoms with Gasteiger partial charge in [-0.3, -0.25) is 0 Å². The van der Waals surface area contributed by atoms with Crippen LogP contribution in [-0.2, 0) is 12.1 Å². The summed E-state index contributed by atoms with van der Waals surface area (Å²) in [5.41, 5.74) is -2.99. The normalized spacial score (nSPS) is 12.2. The van der Waals surface area contributed by atoms with Gasteiger partial charge in [-0.1, -0.05) is 11.6 Å². The van der Waals surface area contributed by atoms with E-state index < -0.39 is 40.3 Å². The van der Waals surface area contributed by atoms with Crippen molar-refractivity contribution in [3.8, 4) is 0 Å². The minimum atomic E-state index is -4.86. The third-order valence-corrected chi connectivity index (χ3v) is 2.38. The summed E-state index contributed by atoms with van der Waals surface area (Å²) in [6, 6.07) is 0. The maximum atomic E-state index is 12.5. The number of pyridine rings is 1. The topological polar surface area (TPSA) is 12.9 Å². The molecule has 0 fully saturated rings. The van der Waals surface area contributed by atoms with Crippen LogP contribution in [0.4, 0.5) is 22.0 Å². The zero-order valence-electron chi connectivity index (χ0n) is 7.45. The molecule has 0 aromatic carbocycles. The Kier molecular flexibility index (Phi) is 3.96. The number of hydrogen-bond donors (Lipinski definition) is 0. The molecule has 0 atom stereocenters. The molecular weight excluding hydrogens is 276 g/mol. The van der Waals surface area contributed by atoms with Gasteiger partial charge in [-0.05, 0) is 5.56 Å². The highest BCUT2D eigenvalue weighted by atomic mass is 35.5. The predicted molar refractivity (Wildman–Crippen MR) is 48.8 cm³/mol. The van der Waals surface area contributed by atoms with Gasteiger partial charge in [-0.2, -0.15) is 13.2 Å². The van der Waals surface area contributed by atoms with Crippen LogP contribution in [0, 0.1) is 0 Å². The van der Waals surface area contributed by atoms with Crippen LogP contribution >= 0.6 is 23.2 Å². The Hall–Kier alpha value is -0.620. The number of aromatic nitrogens is 1. The van der Waals surface area contributed by atoms with Crippen molar-refractivity contribution >= 4 is 23.2 Å². The van der Waals surface area contributed by atoms with Gasteiger partial charge in [-0.25, -0.2) is 13.8 Å². The molecule has 0 radical (unpaired) electrons. The average molecular weight is 280 g/mol. The molecule has 1 aromatic heterocycles. The SMILES string of the molecule is FC(F)c1cnc(Cl)c(C(F)(F)F)c1CCl. The first-order valence-electron chi connectivity index (χ1n) is 3.87. The van der Waals surface area contributed by atoms with E-state index in [1.807, 2.05) is 0 Å². The first-order valence-corrected chi connectivity index (χ1v) is 4.78. The molecule has 0 aliphatic rings. The first-order chi connectivity index (χ1) is 7.29.